The maximum atomic E-state index is 9.09. The van der Waals surface area contributed by atoms with E-state index in [0.717, 1.165) is 23.5 Å². The van der Waals surface area contributed by atoms with Crippen LogP contribution in [0.5, 0.6) is 0 Å². The van der Waals surface area contributed by atoms with E-state index in [1.165, 1.54) is 0 Å². The predicted octanol–water partition coefficient (Wildman–Crippen LogP) is 3.21. The summed E-state index contributed by atoms with van der Waals surface area (Å²) in [7, 11) is 0. The first-order chi connectivity index (χ1) is 8.19. The molecule has 3 nitrogen and oxygen atoms in total. The molecule has 0 aliphatic heterocycles. The van der Waals surface area contributed by atoms with E-state index in [9.17, 15) is 0 Å². The Bertz CT molecular complexity index is 398. The Morgan fingerprint density at radius 2 is 2.35 bits per heavy atom. The van der Waals surface area contributed by atoms with Crippen LogP contribution in [0.2, 0.25) is 0 Å². The van der Waals surface area contributed by atoms with Gasteiger partial charge in [-0.05, 0) is 43.4 Å². The first kappa shape index (κ1) is 13.9. The summed E-state index contributed by atoms with van der Waals surface area (Å²) in [5, 5.41) is 12.4. The number of nitrogens with one attached hydrogen (secondary N) is 1. The van der Waals surface area contributed by atoms with Crippen LogP contribution >= 0.6 is 11.8 Å². The van der Waals surface area contributed by atoms with Gasteiger partial charge in [-0.1, -0.05) is 6.92 Å². The largest absolute Gasteiger partial charge is 0.366 e. The molecule has 1 heterocycles. The van der Waals surface area contributed by atoms with Gasteiger partial charge in [-0.15, -0.1) is 0 Å². The third-order valence-electron chi connectivity index (χ3n) is 2.55. The molecule has 1 N–H and O–H groups in total. The van der Waals surface area contributed by atoms with E-state index < -0.39 is 0 Å². The quantitative estimate of drug-likeness (QED) is 0.786. The smallest absolute Gasteiger partial charge is 0.144 e. The zero-order valence-corrected chi connectivity index (χ0v) is 11.5. The Labute approximate surface area is 108 Å². The average Bonchev–Trinajstić information content (AvgIpc) is 2.29. The molecule has 0 radical (unpaired) electrons. The van der Waals surface area contributed by atoms with Crippen molar-refractivity contribution < 1.29 is 0 Å². The predicted molar refractivity (Wildman–Crippen MR) is 74.4 cm³/mol. The second kappa shape index (κ2) is 7.18. The number of hydrogen-bond donors (Lipinski definition) is 1. The minimum Gasteiger partial charge on any atom is -0.366 e. The number of pyridine rings is 1. The fourth-order valence-electron chi connectivity index (χ4n) is 1.52. The van der Waals surface area contributed by atoms with Gasteiger partial charge in [0.2, 0.25) is 0 Å². The number of thioether (sulfide) groups is 1. The lowest BCUT2D eigenvalue weighted by Gasteiger charge is -2.15. The second-order valence-corrected chi connectivity index (χ2v) is 5.39. The minimum atomic E-state index is 0.343. The number of nitrogens with zero attached hydrogens (tertiary/aromatic N) is 2. The highest BCUT2D eigenvalue weighted by molar-refractivity contribution is 7.99. The van der Waals surface area contributed by atoms with Gasteiger partial charge in [-0.3, -0.25) is 0 Å². The summed E-state index contributed by atoms with van der Waals surface area (Å²) < 4.78 is 0. The number of aromatic nitrogens is 1. The van der Waals surface area contributed by atoms with E-state index >= 15 is 0 Å². The van der Waals surface area contributed by atoms with E-state index in [0.29, 0.717) is 17.4 Å². The molecule has 1 aromatic rings. The van der Waals surface area contributed by atoms with E-state index in [4.69, 9.17) is 5.26 Å². The molecule has 1 aromatic heterocycles. The first-order valence-corrected chi connectivity index (χ1v) is 7.04. The lowest BCUT2D eigenvalue weighted by Crippen LogP contribution is -2.18. The van der Waals surface area contributed by atoms with Crippen LogP contribution in [-0.4, -0.2) is 22.5 Å². The fraction of sp³-hybridized carbons (Fsp3) is 0.538. The highest BCUT2D eigenvalue weighted by Crippen LogP contribution is 2.17. The number of hydrogen-bond acceptors (Lipinski definition) is 4. The molecule has 0 bridgehead atoms. The molecule has 0 fully saturated rings. The van der Waals surface area contributed by atoms with Crippen LogP contribution in [0, 0.1) is 18.3 Å². The summed E-state index contributed by atoms with van der Waals surface area (Å²) in [6, 6.07) is 4.41. The van der Waals surface area contributed by atoms with Crippen molar-refractivity contribution >= 4 is 17.6 Å². The van der Waals surface area contributed by atoms with Crippen molar-refractivity contribution in [3.8, 4) is 6.07 Å². The molecule has 1 rings (SSSR count). The van der Waals surface area contributed by atoms with Crippen LogP contribution < -0.4 is 5.32 Å². The van der Waals surface area contributed by atoms with Crippen molar-refractivity contribution in [2.45, 2.75) is 33.2 Å². The standard InChI is InChI=1S/C13H19N3S/c1-4-17-8-6-11(3)16-13-12(9-14)10(2)5-7-15-13/h5,7,11H,4,6,8H2,1-3H3,(H,15,16). The van der Waals surface area contributed by atoms with Gasteiger partial charge in [0.1, 0.15) is 11.9 Å². The molecule has 92 valence electrons. The molecule has 0 saturated heterocycles. The summed E-state index contributed by atoms with van der Waals surface area (Å²) in [5.41, 5.74) is 1.63. The van der Waals surface area contributed by atoms with Crippen LogP contribution in [0.3, 0.4) is 0 Å². The molecular formula is C13H19N3S. The topological polar surface area (TPSA) is 48.7 Å². The summed E-state index contributed by atoms with van der Waals surface area (Å²) >= 11 is 1.93. The monoisotopic (exact) mass is 249 g/mol. The molecule has 17 heavy (non-hydrogen) atoms. The lowest BCUT2D eigenvalue weighted by atomic mass is 10.1. The fourth-order valence-corrected chi connectivity index (χ4v) is 2.33. The molecule has 0 aliphatic rings. The van der Waals surface area contributed by atoms with Gasteiger partial charge in [0.25, 0.3) is 0 Å². The van der Waals surface area contributed by atoms with Crippen LogP contribution in [0.15, 0.2) is 12.3 Å². The lowest BCUT2D eigenvalue weighted by molar-refractivity contribution is 0.766. The van der Waals surface area contributed by atoms with Crippen molar-refractivity contribution in [3.05, 3.63) is 23.4 Å². The maximum absolute atomic E-state index is 9.09. The maximum Gasteiger partial charge on any atom is 0.144 e. The summed E-state index contributed by atoms with van der Waals surface area (Å²) in [4.78, 5) is 4.24. The zero-order valence-electron chi connectivity index (χ0n) is 10.7. The van der Waals surface area contributed by atoms with Gasteiger partial charge in [-0.25, -0.2) is 4.98 Å². The van der Waals surface area contributed by atoms with Crippen molar-refractivity contribution in [1.82, 2.24) is 4.98 Å². The van der Waals surface area contributed by atoms with E-state index in [1.54, 1.807) is 6.20 Å². The highest BCUT2D eigenvalue weighted by atomic mass is 32.2. The molecular weight excluding hydrogens is 230 g/mol. The Balaban J connectivity index is 2.62. The van der Waals surface area contributed by atoms with Crippen LogP contribution in [0.1, 0.15) is 31.4 Å². The second-order valence-electron chi connectivity index (χ2n) is 3.99. The zero-order chi connectivity index (χ0) is 12.7. The molecule has 1 atom stereocenters. The molecule has 4 heteroatoms. The third-order valence-corrected chi connectivity index (χ3v) is 3.49. The van der Waals surface area contributed by atoms with E-state index in [1.807, 2.05) is 24.8 Å². The van der Waals surface area contributed by atoms with E-state index in [2.05, 4.69) is 30.2 Å². The van der Waals surface area contributed by atoms with Gasteiger partial charge in [-0.2, -0.15) is 17.0 Å². The summed E-state index contributed by atoms with van der Waals surface area (Å²) in [6.07, 6.45) is 2.82. The van der Waals surface area contributed by atoms with E-state index in [-0.39, 0.29) is 0 Å². The van der Waals surface area contributed by atoms with Crippen molar-refractivity contribution in [1.29, 1.82) is 5.26 Å². The molecule has 0 amide bonds. The Morgan fingerprint density at radius 1 is 1.59 bits per heavy atom. The van der Waals surface area contributed by atoms with Crippen LogP contribution in [-0.2, 0) is 0 Å². The Hall–Kier alpha value is -1.21. The van der Waals surface area contributed by atoms with Crippen molar-refractivity contribution in [2.75, 3.05) is 16.8 Å². The van der Waals surface area contributed by atoms with Gasteiger partial charge >= 0.3 is 0 Å². The molecule has 1 unspecified atom stereocenters. The minimum absolute atomic E-state index is 0.343. The van der Waals surface area contributed by atoms with Gasteiger partial charge in [0.15, 0.2) is 0 Å². The highest BCUT2D eigenvalue weighted by Gasteiger charge is 2.09. The molecule has 0 aromatic carbocycles. The van der Waals surface area contributed by atoms with Gasteiger partial charge in [0.05, 0.1) is 5.56 Å². The average molecular weight is 249 g/mol. The van der Waals surface area contributed by atoms with Crippen LogP contribution in [0.4, 0.5) is 5.82 Å². The summed E-state index contributed by atoms with van der Waals surface area (Å²) in [6.45, 7) is 6.23. The van der Waals surface area contributed by atoms with Gasteiger partial charge < -0.3 is 5.32 Å². The van der Waals surface area contributed by atoms with Gasteiger partial charge in [0, 0.05) is 12.2 Å². The molecule has 0 saturated carbocycles. The Kier molecular flexibility index (Phi) is 5.85. The molecule has 0 spiro atoms. The normalized spacial score (nSPS) is 11.9. The van der Waals surface area contributed by atoms with Crippen molar-refractivity contribution in [3.63, 3.8) is 0 Å². The number of nitriles is 1. The Morgan fingerprint density at radius 3 is 3.00 bits per heavy atom. The SMILES string of the molecule is CCSCCC(C)Nc1nccc(C)c1C#N. The number of aryl methyl sites for hydroxylation is 1. The molecule has 0 aliphatic carbocycles. The number of anilines is 1. The van der Waals surface area contributed by atoms with Crippen molar-refractivity contribution in [2.24, 2.45) is 0 Å². The number of rotatable bonds is 6. The summed E-state index contributed by atoms with van der Waals surface area (Å²) in [5.74, 6) is 3.00. The van der Waals surface area contributed by atoms with Crippen LogP contribution in [0.25, 0.3) is 0 Å². The third kappa shape index (κ3) is 4.27. The first-order valence-electron chi connectivity index (χ1n) is 5.89.